The third-order valence-electron chi connectivity index (χ3n) is 4.82. The third-order valence-corrected chi connectivity index (χ3v) is 5.67. The van der Waals surface area contributed by atoms with Gasteiger partial charge in [-0.05, 0) is 36.4 Å². The van der Waals surface area contributed by atoms with Gasteiger partial charge in [-0.25, -0.2) is 4.79 Å². The number of thiophene rings is 1. The number of amides is 1. The highest BCUT2D eigenvalue weighted by molar-refractivity contribution is 7.13. The van der Waals surface area contributed by atoms with E-state index in [1.54, 1.807) is 24.3 Å². The van der Waals surface area contributed by atoms with Crippen molar-refractivity contribution in [3.63, 3.8) is 0 Å². The third kappa shape index (κ3) is 3.07. The molecule has 1 aliphatic carbocycles. The Morgan fingerprint density at radius 2 is 2.04 bits per heavy atom. The van der Waals surface area contributed by atoms with Gasteiger partial charge in [0.25, 0.3) is 11.7 Å². The van der Waals surface area contributed by atoms with Gasteiger partial charge in [0.15, 0.2) is 11.5 Å². The summed E-state index contributed by atoms with van der Waals surface area (Å²) in [7, 11) is 0. The fourth-order valence-corrected chi connectivity index (χ4v) is 4.18. The van der Waals surface area contributed by atoms with Crippen LogP contribution in [-0.4, -0.2) is 21.5 Å². The molecule has 0 unspecified atom stereocenters. The lowest BCUT2D eigenvalue weighted by Crippen LogP contribution is -2.34. The summed E-state index contributed by atoms with van der Waals surface area (Å²) in [6.45, 7) is -0.244. The monoisotopic (exact) mass is 399 g/mol. The Labute approximate surface area is 163 Å². The van der Waals surface area contributed by atoms with Gasteiger partial charge in [0.1, 0.15) is 6.54 Å². The summed E-state index contributed by atoms with van der Waals surface area (Å²) in [4.78, 5) is 25.0. The van der Waals surface area contributed by atoms with E-state index >= 15 is 0 Å². The number of hydrogen-bond acceptors (Lipinski definition) is 7. The molecule has 28 heavy (non-hydrogen) atoms. The second-order valence-corrected chi connectivity index (χ2v) is 7.79. The Hall–Kier alpha value is -3.07. The molecule has 2 aliphatic rings. The summed E-state index contributed by atoms with van der Waals surface area (Å²) >= 11 is 1.40. The summed E-state index contributed by atoms with van der Waals surface area (Å²) in [5, 5.41) is 8.70. The maximum Gasteiger partial charge on any atom is 0.437 e. The quantitative estimate of drug-likeness (QED) is 0.724. The first-order chi connectivity index (χ1) is 13.6. The minimum Gasteiger partial charge on any atom is -0.448 e. The van der Waals surface area contributed by atoms with Crippen LogP contribution in [0, 0.1) is 0 Å². The zero-order valence-corrected chi connectivity index (χ0v) is 15.7. The largest absolute Gasteiger partial charge is 0.448 e. The Morgan fingerprint density at radius 3 is 2.82 bits per heavy atom. The van der Waals surface area contributed by atoms with Gasteiger partial charge in [0.05, 0.1) is 4.88 Å². The van der Waals surface area contributed by atoms with Gasteiger partial charge in [-0.15, -0.1) is 16.4 Å². The van der Waals surface area contributed by atoms with E-state index in [9.17, 15) is 9.59 Å². The SMILES string of the molecule is O=C(Cn1nc(-c2cccs2)oc1=O)Nc1ccc2c(c1)OC1(CCCC1)O2. The summed E-state index contributed by atoms with van der Waals surface area (Å²) in [5.41, 5.74) is 0.567. The van der Waals surface area contributed by atoms with Crippen molar-refractivity contribution in [2.45, 2.75) is 38.0 Å². The molecule has 1 aromatic carbocycles. The summed E-state index contributed by atoms with van der Waals surface area (Å²) in [5.74, 6) is -0.0868. The highest BCUT2D eigenvalue weighted by atomic mass is 32.1. The van der Waals surface area contributed by atoms with Crippen molar-refractivity contribution in [3.8, 4) is 22.3 Å². The number of fused-ring (bicyclic) bond motifs is 1. The van der Waals surface area contributed by atoms with E-state index < -0.39 is 11.5 Å². The Morgan fingerprint density at radius 1 is 1.21 bits per heavy atom. The molecule has 144 valence electrons. The molecular formula is C19H17N3O5S. The predicted molar refractivity (Wildman–Crippen MR) is 102 cm³/mol. The lowest BCUT2D eigenvalue weighted by atomic mass is 10.2. The molecule has 3 heterocycles. The molecule has 2 aromatic heterocycles. The molecule has 1 aliphatic heterocycles. The van der Waals surface area contributed by atoms with Crippen molar-refractivity contribution in [3.05, 3.63) is 46.3 Å². The van der Waals surface area contributed by atoms with Crippen LogP contribution in [0.5, 0.6) is 11.5 Å². The second-order valence-electron chi connectivity index (χ2n) is 6.84. The van der Waals surface area contributed by atoms with Crippen molar-refractivity contribution in [2.75, 3.05) is 5.32 Å². The molecule has 0 saturated heterocycles. The zero-order valence-electron chi connectivity index (χ0n) is 14.8. The number of rotatable bonds is 4. The van der Waals surface area contributed by atoms with Crippen molar-refractivity contribution in [1.29, 1.82) is 0 Å². The number of anilines is 1. The van der Waals surface area contributed by atoms with Crippen molar-refractivity contribution in [2.24, 2.45) is 0 Å². The predicted octanol–water partition coefficient (Wildman–Crippen LogP) is 3.25. The molecule has 1 spiro atoms. The maximum atomic E-state index is 12.4. The summed E-state index contributed by atoms with van der Waals surface area (Å²) in [6, 6.07) is 8.90. The average molecular weight is 399 g/mol. The Balaban J connectivity index is 1.28. The van der Waals surface area contributed by atoms with Gasteiger partial charge in [-0.2, -0.15) is 4.68 Å². The van der Waals surface area contributed by atoms with Gasteiger partial charge in [-0.3, -0.25) is 4.79 Å². The number of nitrogens with zero attached hydrogens (tertiary/aromatic N) is 2. The topological polar surface area (TPSA) is 95.6 Å². The first-order valence-electron chi connectivity index (χ1n) is 9.04. The molecular weight excluding hydrogens is 382 g/mol. The number of carbonyl (C=O) groups excluding carboxylic acids is 1. The maximum absolute atomic E-state index is 12.4. The van der Waals surface area contributed by atoms with Crippen molar-refractivity contribution in [1.82, 2.24) is 9.78 Å². The summed E-state index contributed by atoms with van der Waals surface area (Å²) in [6.07, 6.45) is 3.89. The molecule has 5 rings (SSSR count). The van der Waals surface area contributed by atoms with Crippen LogP contribution in [0.4, 0.5) is 5.69 Å². The van der Waals surface area contributed by atoms with E-state index in [-0.39, 0.29) is 18.3 Å². The normalized spacial score (nSPS) is 16.6. The van der Waals surface area contributed by atoms with E-state index in [0.717, 1.165) is 35.2 Å². The highest BCUT2D eigenvalue weighted by Crippen LogP contribution is 2.47. The van der Waals surface area contributed by atoms with Crippen LogP contribution < -0.4 is 20.5 Å². The molecule has 9 heteroatoms. The standard InChI is InChI=1S/C19H17N3O5S/c23-16(11-22-18(24)25-17(21-22)15-4-3-9-28-15)20-12-5-6-13-14(10-12)27-19(26-13)7-1-2-8-19/h3-6,9-10H,1-2,7-8,11H2,(H,20,23). The van der Waals surface area contributed by atoms with Crippen LogP contribution in [0.2, 0.25) is 0 Å². The molecule has 0 atom stereocenters. The molecule has 3 aromatic rings. The van der Waals surface area contributed by atoms with E-state index in [2.05, 4.69) is 10.4 Å². The van der Waals surface area contributed by atoms with E-state index in [1.165, 1.54) is 11.3 Å². The van der Waals surface area contributed by atoms with Gasteiger partial charge in [0.2, 0.25) is 5.91 Å². The highest BCUT2D eigenvalue weighted by Gasteiger charge is 2.44. The lowest BCUT2D eigenvalue weighted by molar-refractivity contribution is -0.117. The number of carbonyl (C=O) groups is 1. The fraction of sp³-hybridized carbons (Fsp3) is 0.316. The first-order valence-corrected chi connectivity index (χ1v) is 9.92. The molecule has 1 saturated carbocycles. The Bertz CT molecular complexity index is 1080. The minimum absolute atomic E-state index is 0.206. The van der Waals surface area contributed by atoms with E-state index in [4.69, 9.17) is 13.9 Å². The van der Waals surface area contributed by atoms with Crippen molar-refractivity contribution >= 4 is 22.9 Å². The van der Waals surface area contributed by atoms with Crippen LogP contribution in [0.1, 0.15) is 25.7 Å². The van der Waals surface area contributed by atoms with Gasteiger partial charge >= 0.3 is 5.76 Å². The molecule has 0 bridgehead atoms. The second kappa shape index (κ2) is 6.52. The molecule has 1 N–H and O–H groups in total. The number of benzene rings is 1. The zero-order chi connectivity index (χ0) is 19.1. The fourth-order valence-electron chi connectivity index (χ4n) is 3.53. The molecule has 0 radical (unpaired) electrons. The van der Waals surface area contributed by atoms with E-state index in [1.807, 2.05) is 11.4 Å². The average Bonchev–Trinajstić information content (AvgIpc) is 3.44. The van der Waals surface area contributed by atoms with Crippen LogP contribution >= 0.6 is 11.3 Å². The molecule has 1 fully saturated rings. The first kappa shape index (κ1) is 17.1. The number of ether oxygens (including phenoxy) is 2. The number of aromatic nitrogens is 2. The van der Waals surface area contributed by atoms with Gasteiger partial charge in [-0.1, -0.05) is 6.07 Å². The van der Waals surface area contributed by atoms with E-state index in [0.29, 0.717) is 17.2 Å². The molecule has 1 amide bonds. The van der Waals surface area contributed by atoms with Crippen LogP contribution in [0.3, 0.4) is 0 Å². The van der Waals surface area contributed by atoms with Crippen molar-refractivity contribution < 1.29 is 18.7 Å². The number of hydrogen-bond donors (Lipinski definition) is 1. The van der Waals surface area contributed by atoms with Crippen LogP contribution in [-0.2, 0) is 11.3 Å². The van der Waals surface area contributed by atoms with Gasteiger partial charge < -0.3 is 19.2 Å². The smallest absolute Gasteiger partial charge is 0.437 e. The molecule has 8 nitrogen and oxygen atoms in total. The lowest BCUT2D eigenvalue weighted by Gasteiger charge is -2.21. The number of nitrogens with one attached hydrogen (secondary N) is 1. The van der Waals surface area contributed by atoms with Gasteiger partial charge in [0, 0.05) is 24.6 Å². The minimum atomic E-state index is -0.674. The summed E-state index contributed by atoms with van der Waals surface area (Å²) < 4.78 is 18.1. The van der Waals surface area contributed by atoms with Crippen LogP contribution in [0.25, 0.3) is 10.8 Å². The van der Waals surface area contributed by atoms with Crippen LogP contribution in [0.15, 0.2) is 44.9 Å². The Kier molecular flexibility index (Phi) is 3.97.